The van der Waals surface area contributed by atoms with Gasteiger partial charge in [-0.25, -0.2) is 9.18 Å². The van der Waals surface area contributed by atoms with Crippen molar-refractivity contribution in [1.82, 2.24) is 10.6 Å². The number of ether oxygens (including phenoxy) is 1. The van der Waals surface area contributed by atoms with Crippen LogP contribution in [0.15, 0.2) is 42.5 Å². The van der Waals surface area contributed by atoms with Crippen molar-refractivity contribution < 1.29 is 18.7 Å². The van der Waals surface area contributed by atoms with Gasteiger partial charge in [0.1, 0.15) is 11.9 Å². The number of amides is 2. The van der Waals surface area contributed by atoms with E-state index in [1.54, 1.807) is 12.1 Å². The van der Waals surface area contributed by atoms with Gasteiger partial charge in [0.2, 0.25) is 5.91 Å². The second-order valence-corrected chi connectivity index (χ2v) is 7.40. The lowest BCUT2D eigenvalue weighted by atomic mass is 10.0. The smallest absolute Gasteiger partial charge is 0.414 e. The zero-order chi connectivity index (χ0) is 22.2. The molecule has 1 saturated heterocycles. The number of hydrogen-bond donors (Lipinski definition) is 2. The van der Waals surface area contributed by atoms with E-state index in [0.717, 1.165) is 37.1 Å². The summed E-state index contributed by atoms with van der Waals surface area (Å²) < 4.78 is 20.1. The van der Waals surface area contributed by atoms with Crippen LogP contribution >= 0.6 is 0 Å². The van der Waals surface area contributed by atoms with Crippen LogP contribution in [-0.2, 0) is 16.1 Å². The van der Waals surface area contributed by atoms with Gasteiger partial charge in [0.15, 0.2) is 0 Å². The molecule has 0 saturated carbocycles. The van der Waals surface area contributed by atoms with Gasteiger partial charge in [0, 0.05) is 25.5 Å². The zero-order valence-electron chi connectivity index (χ0n) is 17.5. The lowest BCUT2D eigenvalue weighted by Crippen LogP contribution is -2.33. The van der Waals surface area contributed by atoms with Gasteiger partial charge in [-0.1, -0.05) is 24.3 Å². The van der Waals surface area contributed by atoms with E-state index in [1.165, 1.54) is 17.9 Å². The van der Waals surface area contributed by atoms with Gasteiger partial charge < -0.3 is 15.4 Å². The fraction of sp³-hybridized carbons (Fsp3) is 0.333. The monoisotopic (exact) mass is 423 g/mol. The quantitative estimate of drug-likeness (QED) is 0.479. The summed E-state index contributed by atoms with van der Waals surface area (Å²) in [6, 6.07) is 12.4. The summed E-state index contributed by atoms with van der Waals surface area (Å²) in [6.07, 6.45) is 5.91. The van der Waals surface area contributed by atoms with E-state index in [2.05, 4.69) is 16.6 Å². The van der Waals surface area contributed by atoms with Gasteiger partial charge in [0.25, 0.3) is 0 Å². The minimum Gasteiger partial charge on any atom is -0.442 e. The van der Waals surface area contributed by atoms with Crippen molar-refractivity contribution in [2.75, 3.05) is 24.5 Å². The molecule has 1 atom stereocenters. The highest BCUT2D eigenvalue weighted by Gasteiger charge is 2.32. The first-order valence-electron chi connectivity index (χ1n) is 10.2. The summed E-state index contributed by atoms with van der Waals surface area (Å²) in [7, 11) is 0. The third kappa shape index (κ3) is 6.06. The van der Waals surface area contributed by atoms with Gasteiger partial charge in [0.05, 0.1) is 18.8 Å². The molecule has 0 bridgehead atoms. The third-order valence-corrected chi connectivity index (χ3v) is 4.99. The van der Waals surface area contributed by atoms with E-state index < -0.39 is 18.0 Å². The van der Waals surface area contributed by atoms with Gasteiger partial charge >= 0.3 is 6.09 Å². The van der Waals surface area contributed by atoms with E-state index in [9.17, 15) is 14.0 Å². The molecule has 1 aliphatic heterocycles. The molecule has 31 heavy (non-hydrogen) atoms. The number of nitrogens with zero attached hydrogens (tertiary/aromatic N) is 1. The molecule has 0 aliphatic carbocycles. The Bertz CT molecular complexity index is 969. The molecule has 1 heterocycles. The second kappa shape index (κ2) is 10.6. The minimum absolute atomic E-state index is 0.199. The Morgan fingerprint density at radius 2 is 2.06 bits per heavy atom. The van der Waals surface area contributed by atoms with Crippen LogP contribution in [0.1, 0.15) is 25.3 Å². The van der Waals surface area contributed by atoms with Gasteiger partial charge in [-0.15, -0.1) is 12.3 Å². The Hall–Kier alpha value is -3.37. The summed E-state index contributed by atoms with van der Waals surface area (Å²) in [4.78, 5) is 24.5. The lowest BCUT2D eigenvalue weighted by molar-refractivity contribution is -0.119. The van der Waals surface area contributed by atoms with E-state index in [-0.39, 0.29) is 19.0 Å². The number of terminal acetylenes is 1. The normalized spacial score (nSPS) is 15.5. The number of halogens is 1. The average Bonchev–Trinajstić information content (AvgIpc) is 3.13. The van der Waals surface area contributed by atoms with Crippen molar-refractivity contribution in [3.8, 4) is 23.5 Å². The molecule has 2 N–H and O–H groups in total. The van der Waals surface area contributed by atoms with Crippen molar-refractivity contribution in [3.05, 3.63) is 53.8 Å². The first kappa shape index (κ1) is 22.3. The van der Waals surface area contributed by atoms with Crippen LogP contribution in [0.5, 0.6) is 0 Å². The fourth-order valence-corrected chi connectivity index (χ4v) is 3.35. The number of benzene rings is 2. The van der Waals surface area contributed by atoms with E-state index in [1.807, 2.05) is 24.3 Å². The Kier molecular flexibility index (Phi) is 7.63. The SMILES string of the molecule is C#CCCCNCc1ccc(-c2ccc(N3CC(CNC(C)=O)OC3=O)cc2F)cc1. The molecule has 1 aliphatic rings. The molecule has 162 valence electrons. The van der Waals surface area contributed by atoms with Crippen LogP contribution in [-0.4, -0.2) is 37.7 Å². The van der Waals surface area contributed by atoms with Crippen LogP contribution in [0.3, 0.4) is 0 Å². The molecule has 0 radical (unpaired) electrons. The molecule has 2 aromatic rings. The predicted octanol–water partition coefficient (Wildman–Crippen LogP) is 3.46. The molecule has 2 aromatic carbocycles. The van der Waals surface area contributed by atoms with Crippen molar-refractivity contribution in [2.24, 2.45) is 0 Å². The first-order valence-corrected chi connectivity index (χ1v) is 10.2. The minimum atomic E-state index is -0.554. The standard InChI is InChI=1S/C24H26FN3O3/c1-3-4-5-12-26-14-18-6-8-19(9-7-18)22-11-10-20(13-23(22)25)28-16-21(31-24(28)30)15-27-17(2)29/h1,6-11,13,21,26H,4-5,12,14-16H2,2H3,(H,27,29). The van der Waals surface area contributed by atoms with E-state index in [4.69, 9.17) is 11.2 Å². The van der Waals surface area contributed by atoms with Crippen LogP contribution in [0.4, 0.5) is 14.9 Å². The molecule has 6 nitrogen and oxygen atoms in total. The number of anilines is 1. The van der Waals surface area contributed by atoms with Crippen molar-refractivity contribution in [1.29, 1.82) is 0 Å². The number of carbonyl (C=O) groups is 2. The average molecular weight is 423 g/mol. The molecular weight excluding hydrogens is 397 g/mol. The third-order valence-electron chi connectivity index (χ3n) is 4.99. The molecule has 0 aromatic heterocycles. The number of cyclic esters (lactones) is 1. The number of nitrogens with one attached hydrogen (secondary N) is 2. The number of hydrogen-bond acceptors (Lipinski definition) is 4. The molecule has 2 amide bonds. The zero-order valence-corrected chi connectivity index (χ0v) is 17.5. The number of rotatable bonds is 9. The molecule has 3 rings (SSSR count). The summed E-state index contributed by atoms with van der Waals surface area (Å²) in [6.45, 7) is 3.45. The fourth-order valence-electron chi connectivity index (χ4n) is 3.35. The summed E-state index contributed by atoms with van der Waals surface area (Å²) in [5.41, 5.74) is 2.74. The van der Waals surface area contributed by atoms with Crippen LogP contribution < -0.4 is 15.5 Å². The van der Waals surface area contributed by atoms with Gasteiger partial charge in [-0.3, -0.25) is 9.69 Å². The van der Waals surface area contributed by atoms with Crippen molar-refractivity contribution in [2.45, 2.75) is 32.4 Å². The highest BCUT2D eigenvalue weighted by atomic mass is 19.1. The Balaban J connectivity index is 1.62. The highest BCUT2D eigenvalue weighted by molar-refractivity contribution is 5.90. The summed E-state index contributed by atoms with van der Waals surface area (Å²) in [5, 5.41) is 5.95. The highest BCUT2D eigenvalue weighted by Crippen LogP contribution is 2.29. The molecular formula is C24H26FN3O3. The topological polar surface area (TPSA) is 70.7 Å². The van der Waals surface area contributed by atoms with Gasteiger partial charge in [-0.2, -0.15) is 0 Å². The number of unbranched alkanes of at least 4 members (excludes halogenated alkanes) is 1. The lowest BCUT2D eigenvalue weighted by Gasteiger charge is -2.15. The maximum absolute atomic E-state index is 14.8. The van der Waals surface area contributed by atoms with Crippen LogP contribution in [0.25, 0.3) is 11.1 Å². The maximum Gasteiger partial charge on any atom is 0.414 e. The van der Waals surface area contributed by atoms with Crippen molar-refractivity contribution in [3.63, 3.8) is 0 Å². The van der Waals surface area contributed by atoms with Crippen LogP contribution in [0, 0.1) is 18.2 Å². The largest absolute Gasteiger partial charge is 0.442 e. The van der Waals surface area contributed by atoms with E-state index in [0.29, 0.717) is 11.3 Å². The first-order chi connectivity index (χ1) is 15.0. The number of carbonyl (C=O) groups excluding carboxylic acids is 2. The molecule has 0 spiro atoms. The maximum atomic E-state index is 14.8. The molecule has 1 fully saturated rings. The Morgan fingerprint density at radius 3 is 2.74 bits per heavy atom. The summed E-state index contributed by atoms with van der Waals surface area (Å²) in [5.74, 6) is 1.99. The van der Waals surface area contributed by atoms with Crippen molar-refractivity contribution >= 4 is 17.7 Å². The van der Waals surface area contributed by atoms with E-state index >= 15 is 0 Å². The van der Waals surface area contributed by atoms with Gasteiger partial charge in [-0.05, 0) is 42.3 Å². The second-order valence-electron chi connectivity index (χ2n) is 7.40. The Morgan fingerprint density at radius 1 is 1.29 bits per heavy atom. The Labute approximate surface area is 181 Å². The molecule has 1 unspecified atom stereocenters. The summed E-state index contributed by atoms with van der Waals surface area (Å²) >= 11 is 0. The predicted molar refractivity (Wildman–Crippen MR) is 118 cm³/mol. The van der Waals surface area contributed by atoms with Crippen LogP contribution in [0.2, 0.25) is 0 Å². The molecule has 7 heteroatoms.